The van der Waals surface area contributed by atoms with Crippen LogP contribution < -0.4 is 5.32 Å². The minimum absolute atomic E-state index is 0.0291. The predicted octanol–water partition coefficient (Wildman–Crippen LogP) is 2.93. The van der Waals surface area contributed by atoms with Crippen molar-refractivity contribution in [1.29, 1.82) is 0 Å². The highest BCUT2D eigenvalue weighted by molar-refractivity contribution is 7.91. The molecule has 0 atom stereocenters. The van der Waals surface area contributed by atoms with Crippen molar-refractivity contribution in [2.75, 3.05) is 11.1 Å². The molecule has 1 aromatic heterocycles. The molecule has 0 fully saturated rings. The van der Waals surface area contributed by atoms with Crippen molar-refractivity contribution in [3.05, 3.63) is 66.0 Å². The predicted molar refractivity (Wildman–Crippen MR) is 102 cm³/mol. The van der Waals surface area contributed by atoms with Gasteiger partial charge in [0.25, 0.3) is 5.91 Å². The van der Waals surface area contributed by atoms with Gasteiger partial charge in [0.15, 0.2) is 9.84 Å². The second-order valence-corrected chi connectivity index (χ2v) is 8.21. The number of phenolic OH excluding ortho intramolecular Hbond substituents is 1. The van der Waals surface area contributed by atoms with Crippen molar-refractivity contribution in [2.24, 2.45) is 0 Å². The standard InChI is InChI=1S/C19H19N3O4S/c1-3-27(25,26)15-9-10-18(23)17(11-15)21-19(24)16-12-20-22(13(16)2)14-7-5-4-6-8-14/h4-12,23H,3H2,1-2H3,(H,21,24). The maximum atomic E-state index is 12.6. The van der Waals surface area contributed by atoms with E-state index in [0.29, 0.717) is 11.3 Å². The third-order valence-electron chi connectivity index (χ3n) is 4.21. The first kappa shape index (κ1) is 18.7. The topological polar surface area (TPSA) is 101 Å². The van der Waals surface area contributed by atoms with Gasteiger partial charge in [0.1, 0.15) is 5.75 Å². The van der Waals surface area contributed by atoms with Crippen LogP contribution in [-0.4, -0.2) is 35.0 Å². The zero-order valence-corrected chi connectivity index (χ0v) is 15.7. The van der Waals surface area contributed by atoms with E-state index in [1.807, 2.05) is 30.3 Å². The molecule has 0 bridgehead atoms. The summed E-state index contributed by atoms with van der Waals surface area (Å²) < 4.78 is 25.7. The molecule has 2 aromatic carbocycles. The summed E-state index contributed by atoms with van der Waals surface area (Å²) in [7, 11) is -3.46. The summed E-state index contributed by atoms with van der Waals surface area (Å²) >= 11 is 0. The summed E-state index contributed by atoms with van der Waals surface area (Å²) in [5.41, 5.74) is 1.78. The lowest BCUT2D eigenvalue weighted by atomic mass is 10.2. The number of para-hydroxylation sites is 1. The smallest absolute Gasteiger partial charge is 0.259 e. The monoisotopic (exact) mass is 385 g/mol. The Morgan fingerprint density at radius 1 is 1.19 bits per heavy atom. The van der Waals surface area contributed by atoms with Crippen molar-refractivity contribution in [3.8, 4) is 11.4 Å². The van der Waals surface area contributed by atoms with E-state index in [0.717, 1.165) is 5.69 Å². The van der Waals surface area contributed by atoms with Crippen LogP contribution in [0.3, 0.4) is 0 Å². The number of nitrogens with one attached hydrogen (secondary N) is 1. The van der Waals surface area contributed by atoms with E-state index in [2.05, 4.69) is 10.4 Å². The van der Waals surface area contributed by atoms with Gasteiger partial charge < -0.3 is 10.4 Å². The van der Waals surface area contributed by atoms with Gasteiger partial charge in [0.05, 0.1) is 39.5 Å². The number of sulfone groups is 1. The lowest BCUT2D eigenvalue weighted by molar-refractivity contribution is 0.102. The molecule has 2 N–H and O–H groups in total. The molecule has 27 heavy (non-hydrogen) atoms. The molecule has 3 aromatic rings. The zero-order chi connectivity index (χ0) is 19.6. The van der Waals surface area contributed by atoms with Gasteiger partial charge in [-0.25, -0.2) is 13.1 Å². The number of phenols is 1. The molecular formula is C19H19N3O4S. The number of aromatic hydroxyl groups is 1. The van der Waals surface area contributed by atoms with Crippen LogP contribution in [-0.2, 0) is 9.84 Å². The fraction of sp³-hybridized carbons (Fsp3) is 0.158. The number of carbonyl (C=O) groups is 1. The van der Waals surface area contributed by atoms with Gasteiger partial charge in [-0.1, -0.05) is 25.1 Å². The molecule has 8 heteroatoms. The first-order valence-electron chi connectivity index (χ1n) is 8.30. The molecule has 1 amide bonds. The van der Waals surface area contributed by atoms with Crippen LogP contribution in [0.1, 0.15) is 23.0 Å². The molecule has 0 unspecified atom stereocenters. The quantitative estimate of drug-likeness (QED) is 0.658. The molecule has 1 heterocycles. The van der Waals surface area contributed by atoms with Gasteiger partial charge in [-0.2, -0.15) is 5.10 Å². The maximum absolute atomic E-state index is 12.6. The number of anilines is 1. The summed E-state index contributed by atoms with van der Waals surface area (Å²) in [6, 6.07) is 13.2. The fourth-order valence-electron chi connectivity index (χ4n) is 2.63. The van der Waals surface area contributed by atoms with E-state index in [1.54, 1.807) is 11.6 Å². The summed E-state index contributed by atoms with van der Waals surface area (Å²) in [4.78, 5) is 12.7. The number of aromatic nitrogens is 2. The molecular weight excluding hydrogens is 366 g/mol. The highest BCUT2D eigenvalue weighted by atomic mass is 32.2. The highest BCUT2D eigenvalue weighted by Crippen LogP contribution is 2.28. The SMILES string of the molecule is CCS(=O)(=O)c1ccc(O)c(NC(=O)c2cnn(-c3ccccc3)c2C)c1. The highest BCUT2D eigenvalue weighted by Gasteiger charge is 2.19. The van der Waals surface area contributed by atoms with Crippen molar-refractivity contribution >= 4 is 21.4 Å². The zero-order valence-electron chi connectivity index (χ0n) is 14.9. The summed E-state index contributed by atoms with van der Waals surface area (Å²) in [6.07, 6.45) is 1.43. The van der Waals surface area contributed by atoms with Crippen LogP contribution in [0.25, 0.3) is 5.69 Å². The van der Waals surface area contributed by atoms with Gasteiger partial charge in [-0.05, 0) is 37.3 Å². The van der Waals surface area contributed by atoms with E-state index < -0.39 is 15.7 Å². The second kappa shape index (κ2) is 7.24. The van der Waals surface area contributed by atoms with Crippen molar-refractivity contribution in [1.82, 2.24) is 9.78 Å². The van der Waals surface area contributed by atoms with Crippen molar-refractivity contribution < 1.29 is 18.3 Å². The number of hydrogen-bond donors (Lipinski definition) is 2. The number of amides is 1. The average molecular weight is 385 g/mol. The van der Waals surface area contributed by atoms with Crippen LogP contribution in [0.15, 0.2) is 59.6 Å². The lowest BCUT2D eigenvalue weighted by Gasteiger charge is -2.10. The van der Waals surface area contributed by atoms with E-state index in [4.69, 9.17) is 0 Å². The molecule has 0 aliphatic rings. The molecule has 0 spiro atoms. The molecule has 140 valence electrons. The third-order valence-corrected chi connectivity index (χ3v) is 5.94. The average Bonchev–Trinajstić information content (AvgIpc) is 3.05. The van der Waals surface area contributed by atoms with Gasteiger partial charge in [-0.3, -0.25) is 4.79 Å². The van der Waals surface area contributed by atoms with Crippen LogP contribution in [0, 0.1) is 6.92 Å². The first-order chi connectivity index (χ1) is 12.8. The Bertz CT molecular complexity index is 1090. The Morgan fingerprint density at radius 2 is 1.89 bits per heavy atom. The van der Waals surface area contributed by atoms with Gasteiger partial charge >= 0.3 is 0 Å². The molecule has 0 aliphatic carbocycles. The Balaban J connectivity index is 1.91. The van der Waals surface area contributed by atoms with Gasteiger partial charge in [0.2, 0.25) is 0 Å². The van der Waals surface area contributed by atoms with E-state index >= 15 is 0 Å². The Labute approximate surface area is 157 Å². The van der Waals surface area contributed by atoms with Crippen molar-refractivity contribution in [2.45, 2.75) is 18.7 Å². The van der Waals surface area contributed by atoms with E-state index in [1.165, 1.54) is 31.3 Å². The van der Waals surface area contributed by atoms with Gasteiger partial charge in [-0.15, -0.1) is 0 Å². The number of rotatable bonds is 5. The summed E-state index contributed by atoms with van der Waals surface area (Å²) in [5.74, 6) is -0.781. The number of hydrogen-bond acceptors (Lipinski definition) is 5. The summed E-state index contributed by atoms with van der Waals surface area (Å²) in [5, 5.41) is 16.8. The Morgan fingerprint density at radius 3 is 2.56 bits per heavy atom. The summed E-state index contributed by atoms with van der Waals surface area (Å²) in [6.45, 7) is 3.29. The van der Waals surface area contributed by atoms with Crippen LogP contribution >= 0.6 is 0 Å². The van der Waals surface area contributed by atoms with Crippen LogP contribution in [0.2, 0.25) is 0 Å². The maximum Gasteiger partial charge on any atom is 0.259 e. The molecule has 0 aliphatic heterocycles. The molecule has 0 saturated carbocycles. The Hall–Kier alpha value is -3.13. The molecule has 0 saturated heterocycles. The minimum atomic E-state index is -3.46. The second-order valence-electron chi connectivity index (χ2n) is 5.93. The fourth-order valence-corrected chi connectivity index (χ4v) is 3.53. The van der Waals surface area contributed by atoms with Crippen molar-refractivity contribution in [3.63, 3.8) is 0 Å². The number of nitrogens with zero attached hydrogens (tertiary/aromatic N) is 2. The van der Waals surface area contributed by atoms with E-state index in [-0.39, 0.29) is 22.1 Å². The lowest BCUT2D eigenvalue weighted by Crippen LogP contribution is -2.14. The molecule has 7 nitrogen and oxygen atoms in total. The van der Waals surface area contributed by atoms with Gasteiger partial charge in [0, 0.05) is 0 Å². The van der Waals surface area contributed by atoms with Crippen LogP contribution in [0.4, 0.5) is 5.69 Å². The Kier molecular flexibility index (Phi) is 5.00. The normalized spacial score (nSPS) is 11.3. The first-order valence-corrected chi connectivity index (χ1v) is 9.96. The van der Waals surface area contributed by atoms with Crippen LogP contribution in [0.5, 0.6) is 5.75 Å². The minimum Gasteiger partial charge on any atom is -0.506 e. The third kappa shape index (κ3) is 3.70. The number of carbonyl (C=O) groups excluding carboxylic acids is 1. The number of benzene rings is 2. The molecule has 3 rings (SSSR count). The van der Waals surface area contributed by atoms with E-state index in [9.17, 15) is 18.3 Å². The largest absolute Gasteiger partial charge is 0.506 e. The molecule has 0 radical (unpaired) electrons.